The van der Waals surface area contributed by atoms with Crippen LogP contribution in [0, 0.1) is 0 Å². The number of halogens is 1. The number of carbonyl (C=O) groups is 1. The third-order valence-electron chi connectivity index (χ3n) is 3.35. The van der Waals surface area contributed by atoms with Gasteiger partial charge in [-0.05, 0) is 35.9 Å². The number of anilines is 1. The van der Waals surface area contributed by atoms with Crippen molar-refractivity contribution in [2.45, 2.75) is 0 Å². The third kappa shape index (κ3) is 4.27. The number of rotatable bonds is 5. The SMILES string of the molecule is O=C(O)C(/C=C/c1ccc(Br)cc1)=N\Nc1ncnc2ccccc12. The Bertz CT molecular complexity index is 963. The molecule has 0 aliphatic heterocycles. The smallest absolute Gasteiger partial charge is 0.356 e. The molecule has 0 bridgehead atoms. The molecule has 1 heterocycles. The summed E-state index contributed by atoms with van der Waals surface area (Å²) in [5, 5.41) is 14.0. The molecule has 124 valence electrons. The molecule has 2 aromatic carbocycles. The molecule has 3 aromatic rings. The predicted octanol–water partition coefficient (Wildman–Crippen LogP) is 3.96. The molecule has 0 atom stereocenters. The minimum Gasteiger partial charge on any atom is -0.476 e. The van der Waals surface area contributed by atoms with E-state index < -0.39 is 5.97 Å². The first-order valence-electron chi connectivity index (χ1n) is 7.34. The fourth-order valence-electron chi connectivity index (χ4n) is 2.11. The Morgan fingerprint density at radius 3 is 2.64 bits per heavy atom. The van der Waals surface area contributed by atoms with Crippen molar-refractivity contribution < 1.29 is 9.90 Å². The highest BCUT2D eigenvalue weighted by atomic mass is 79.9. The molecule has 3 rings (SSSR count). The van der Waals surface area contributed by atoms with Gasteiger partial charge in [-0.3, -0.25) is 5.43 Å². The molecular weight excluding hydrogens is 384 g/mol. The van der Waals surface area contributed by atoms with Gasteiger partial charge in [0.2, 0.25) is 0 Å². The Balaban J connectivity index is 1.85. The van der Waals surface area contributed by atoms with Crippen LogP contribution in [-0.4, -0.2) is 26.8 Å². The van der Waals surface area contributed by atoms with Crippen molar-refractivity contribution in [2.75, 3.05) is 5.43 Å². The fraction of sp³-hybridized carbons (Fsp3) is 0. The molecule has 2 N–H and O–H groups in total. The molecule has 7 heteroatoms. The zero-order valence-corrected chi connectivity index (χ0v) is 14.5. The van der Waals surface area contributed by atoms with Gasteiger partial charge in [0.15, 0.2) is 11.5 Å². The van der Waals surface area contributed by atoms with Gasteiger partial charge in [-0.1, -0.05) is 46.3 Å². The highest BCUT2D eigenvalue weighted by Gasteiger charge is 2.07. The van der Waals surface area contributed by atoms with Crippen molar-refractivity contribution in [1.82, 2.24) is 9.97 Å². The lowest BCUT2D eigenvalue weighted by molar-refractivity contribution is -0.129. The van der Waals surface area contributed by atoms with Crippen molar-refractivity contribution in [3.05, 3.63) is 71.0 Å². The molecule has 0 aliphatic rings. The number of hydrogen-bond donors (Lipinski definition) is 2. The summed E-state index contributed by atoms with van der Waals surface area (Å²) in [5.41, 5.74) is 4.19. The third-order valence-corrected chi connectivity index (χ3v) is 3.88. The molecule has 0 unspecified atom stereocenters. The minimum atomic E-state index is -1.14. The number of hydrogen-bond acceptors (Lipinski definition) is 5. The summed E-state index contributed by atoms with van der Waals surface area (Å²) in [7, 11) is 0. The first-order valence-corrected chi connectivity index (χ1v) is 8.13. The molecule has 1 aromatic heterocycles. The summed E-state index contributed by atoms with van der Waals surface area (Å²) < 4.78 is 0.953. The average Bonchev–Trinajstić information content (AvgIpc) is 2.63. The van der Waals surface area contributed by atoms with Crippen LogP contribution in [0.1, 0.15) is 5.56 Å². The Hall–Kier alpha value is -3.06. The standard InChI is InChI=1S/C18H13BrN4O2/c19-13-8-5-12(6-9-13)7-10-16(18(24)25)22-23-17-14-3-1-2-4-15(14)20-11-21-17/h1-11H,(H,24,25)(H,20,21,23)/b10-7+,22-16-. The Morgan fingerprint density at radius 1 is 1.12 bits per heavy atom. The van der Waals surface area contributed by atoms with Crippen molar-refractivity contribution >= 4 is 50.4 Å². The molecule has 0 fully saturated rings. The zero-order chi connectivity index (χ0) is 17.6. The molecular formula is C18H13BrN4O2. The van der Waals surface area contributed by atoms with E-state index in [0.717, 1.165) is 20.9 Å². The summed E-state index contributed by atoms with van der Waals surface area (Å²) in [6, 6.07) is 14.9. The second-order valence-electron chi connectivity index (χ2n) is 5.04. The number of benzene rings is 2. The average molecular weight is 397 g/mol. The number of carboxylic acid groups (broad SMARTS) is 1. The maximum absolute atomic E-state index is 11.4. The number of aromatic nitrogens is 2. The lowest BCUT2D eigenvalue weighted by Crippen LogP contribution is -2.12. The number of aliphatic carboxylic acids is 1. The Labute approximate surface area is 152 Å². The van der Waals surface area contributed by atoms with Gasteiger partial charge in [-0.25, -0.2) is 14.8 Å². The first kappa shape index (κ1) is 16.8. The van der Waals surface area contributed by atoms with Crippen LogP contribution in [0.5, 0.6) is 0 Å². The summed E-state index contributed by atoms with van der Waals surface area (Å²) in [6.07, 6.45) is 4.51. The number of nitrogens with zero attached hydrogens (tertiary/aromatic N) is 3. The van der Waals surface area contributed by atoms with Crippen molar-refractivity contribution in [3.8, 4) is 0 Å². The van der Waals surface area contributed by atoms with Gasteiger partial charge in [-0.15, -0.1) is 0 Å². The molecule has 0 saturated carbocycles. The topological polar surface area (TPSA) is 87.5 Å². The van der Waals surface area contributed by atoms with Gasteiger partial charge in [0.05, 0.1) is 5.52 Å². The minimum absolute atomic E-state index is 0.134. The van der Waals surface area contributed by atoms with Crippen LogP contribution < -0.4 is 5.43 Å². The van der Waals surface area contributed by atoms with Gasteiger partial charge < -0.3 is 5.11 Å². The van der Waals surface area contributed by atoms with Crippen LogP contribution in [0.25, 0.3) is 17.0 Å². The van der Waals surface area contributed by atoms with Crippen LogP contribution in [0.2, 0.25) is 0 Å². The molecule has 0 aliphatic carbocycles. The maximum Gasteiger partial charge on any atom is 0.356 e. The van der Waals surface area contributed by atoms with Gasteiger partial charge in [0.1, 0.15) is 6.33 Å². The first-order chi connectivity index (χ1) is 12.1. The van der Waals surface area contributed by atoms with Crippen LogP contribution in [0.3, 0.4) is 0 Å². The molecule has 0 radical (unpaired) electrons. The molecule has 0 spiro atoms. The van der Waals surface area contributed by atoms with Crippen LogP contribution in [0.4, 0.5) is 5.82 Å². The van der Waals surface area contributed by atoms with E-state index in [9.17, 15) is 9.90 Å². The van der Waals surface area contributed by atoms with Crippen LogP contribution in [0.15, 0.2) is 70.5 Å². The van der Waals surface area contributed by atoms with E-state index in [1.807, 2.05) is 48.5 Å². The summed E-state index contributed by atoms with van der Waals surface area (Å²) in [6.45, 7) is 0. The highest BCUT2D eigenvalue weighted by molar-refractivity contribution is 9.10. The van der Waals surface area contributed by atoms with E-state index >= 15 is 0 Å². The van der Waals surface area contributed by atoms with E-state index in [4.69, 9.17) is 0 Å². The van der Waals surface area contributed by atoms with E-state index in [1.165, 1.54) is 12.4 Å². The predicted molar refractivity (Wildman–Crippen MR) is 101 cm³/mol. The van der Waals surface area contributed by atoms with E-state index in [1.54, 1.807) is 6.08 Å². The molecule has 6 nitrogen and oxygen atoms in total. The Morgan fingerprint density at radius 2 is 1.88 bits per heavy atom. The fourth-order valence-corrected chi connectivity index (χ4v) is 2.38. The van der Waals surface area contributed by atoms with Gasteiger partial charge >= 0.3 is 5.97 Å². The van der Waals surface area contributed by atoms with E-state index in [2.05, 4.69) is 36.4 Å². The Kier molecular flexibility index (Phi) is 5.15. The summed E-state index contributed by atoms with van der Waals surface area (Å²) in [5.74, 6) is -0.694. The van der Waals surface area contributed by atoms with Gasteiger partial charge in [0, 0.05) is 9.86 Å². The second-order valence-corrected chi connectivity index (χ2v) is 5.95. The summed E-state index contributed by atoms with van der Waals surface area (Å²) >= 11 is 3.36. The number of hydrazone groups is 1. The van der Waals surface area contributed by atoms with Crippen molar-refractivity contribution in [1.29, 1.82) is 0 Å². The lowest BCUT2D eigenvalue weighted by Gasteiger charge is -2.04. The number of nitrogens with one attached hydrogen (secondary N) is 1. The maximum atomic E-state index is 11.4. The van der Waals surface area contributed by atoms with Crippen molar-refractivity contribution in [2.24, 2.45) is 5.10 Å². The van der Waals surface area contributed by atoms with E-state index in [-0.39, 0.29) is 5.71 Å². The largest absolute Gasteiger partial charge is 0.476 e. The molecule has 25 heavy (non-hydrogen) atoms. The normalized spacial score (nSPS) is 11.8. The monoisotopic (exact) mass is 396 g/mol. The van der Waals surface area contributed by atoms with Crippen molar-refractivity contribution in [3.63, 3.8) is 0 Å². The van der Waals surface area contributed by atoms with Crippen LogP contribution >= 0.6 is 15.9 Å². The summed E-state index contributed by atoms with van der Waals surface area (Å²) in [4.78, 5) is 19.7. The quantitative estimate of drug-likeness (QED) is 0.503. The van der Waals surface area contributed by atoms with Gasteiger partial charge in [0.25, 0.3) is 0 Å². The van der Waals surface area contributed by atoms with E-state index in [0.29, 0.717) is 5.82 Å². The van der Waals surface area contributed by atoms with Crippen LogP contribution in [-0.2, 0) is 4.79 Å². The molecule has 0 amide bonds. The zero-order valence-electron chi connectivity index (χ0n) is 12.9. The number of carboxylic acids is 1. The number of para-hydroxylation sites is 1. The highest BCUT2D eigenvalue weighted by Crippen LogP contribution is 2.18. The lowest BCUT2D eigenvalue weighted by atomic mass is 10.2. The molecule has 0 saturated heterocycles. The number of fused-ring (bicyclic) bond motifs is 1. The second kappa shape index (κ2) is 7.67. The van der Waals surface area contributed by atoms with Gasteiger partial charge in [-0.2, -0.15) is 5.10 Å².